The van der Waals surface area contributed by atoms with Crippen molar-refractivity contribution in [3.05, 3.63) is 0 Å². The van der Waals surface area contributed by atoms with Gasteiger partial charge in [0.1, 0.15) is 42.7 Å². The number of hydrogen-bond donors (Lipinski definition) is 14. The van der Waals surface area contributed by atoms with Gasteiger partial charge in [0.2, 0.25) is 5.91 Å². The van der Waals surface area contributed by atoms with Crippen molar-refractivity contribution in [1.29, 1.82) is 0 Å². The Labute approximate surface area is 242 Å². The molecule has 1 unspecified atom stereocenters. The van der Waals surface area contributed by atoms with Gasteiger partial charge in [-0.3, -0.25) is 4.79 Å². The van der Waals surface area contributed by atoms with Crippen LogP contribution in [0.2, 0.25) is 0 Å². The number of carbonyl (C=O) groups is 1. The number of carbonyl (C=O) groups excluding carboxylic acids is 1. The van der Waals surface area contributed by atoms with E-state index >= 15 is 0 Å². The van der Waals surface area contributed by atoms with E-state index in [1.807, 2.05) is 0 Å². The van der Waals surface area contributed by atoms with E-state index in [-0.39, 0.29) is 25.6 Å². The zero-order chi connectivity index (χ0) is 30.9. The van der Waals surface area contributed by atoms with Crippen molar-refractivity contribution >= 4 is 5.91 Å². The highest BCUT2D eigenvalue weighted by atomic mass is 16.7. The molecule has 42 heavy (non-hydrogen) atoms. The van der Waals surface area contributed by atoms with Gasteiger partial charge in [-0.05, 0) is 6.42 Å². The third kappa shape index (κ3) is 6.74. The standard InChI is InChI=1S/C24H47N7O11/c25-2-10(33)23(39)31-9-1-8(27)13(18(36)21(9)42-24-19(37)14(28)16(34)12(6-32)41-24)22-15(30-7-4-29-5-7)20(38)17(35)11(3-26)40-22/h7-22,24,29-30,32-38H,1-6,25-28H2,(H,31,39)/t8-,9+,10-,11+,12+,13?,14-,15+,16+,17+,18-,19+,20+,21-,22+,24+/m0/s1. The van der Waals surface area contributed by atoms with Gasteiger partial charge in [0.05, 0.1) is 43.0 Å². The lowest BCUT2D eigenvalue weighted by Crippen LogP contribution is -2.74. The van der Waals surface area contributed by atoms with Crippen LogP contribution >= 0.6 is 0 Å². The first-order valence-electron chi connectivity index (χ1n) is 14.3. The van der Waals surface area contributed by atoms with E-state index in [0.717, 1.165) is 0 Å². The van der Waals surface area contributed by atoms with Gasteiger partial charge < -0.3 is 88.8 Å². The minimum Gasteiger partial charge on any atom is -0.394 e. The number of aliphatic hydroxyl groups is 7. The Morgan fingerprint density at radius 2 is 1.67 bits per heavy atom. The highest BCUT2D eigenvalue weighted by Crippen LogP contribution is 2.37. The van der Waals surface area contributed by atoms with Crippen molar-refractivity contribution in [3.8, 4) is 0 Å². The number of amides is 1. The fraction of sp³-hybridized carbons (Fsp3) is 0.958. The summed E-state index contributed by atoms with van der Waals surface area (Å²) in [5.74, 6) is -1.83. The first-order chi connectivity index (χ1) is 19.9. The second-order valence-electron chi connectivity index (χ2n) is 11.6. The van der Waals surface area contributed by atoms with Gasteiger partial charge in [0.25, 0.3) is 0 Å². The third-order valence-electron chi connectivity index (χ3n) is 8.84. The van der Waals surface area contributed by atoms with Crippen LogP contribution in [-0.4, -0.2) is 172 Å². The molecule has 1 aliphatic carbocycles. The molecule has 4 fully saturated rings. The maximum Gasteiger partial charge on any atom is 0.250 e. The Bertz CT molecular complexity index is 892. The van der Waals surface area contributed by atoms with Crippen molar-refractivity contribution in [3.63, 3.8) is 0 Å². The largest absolute Gasteiger partial charge is 0.394 e. The second-order valence-corrected chi connectivity index (χ2v) is 11.6. The van der Waals surface area contributed by atoms with Crippen LogP contribution in [0.4, 0.5) is 0 Å². The first-order valence-corrected chi connectivity index (χ1v) is 14.3. The SMILES string of the molecule is NC[C@H](O)C(=O)N[C@@H]1C[C@H](N)C([C@H]2O[C@H](CN)[C@@H](O)[C@H](O)[C@H]2NC2CNC2)[C@H](O)[C@H]1O[C@H]1O[C@H](CO)[C@@H](O)[C@H](N)[C@H]1O. The molecule has 1 saturated carbocycles. The average molecular weight is 610 g/mol. The molecule has 4 aliphatic rings. The van der Waals surface area contributed by atoms with Crippen molar-refractivity contribution in [2.45, 2.75) is 104 Å². The molecule has 0 bridgehead atoms. The summed E-state index contributed by atoms with van der Waals surface area (Å²) in [4.78, 5) is 12.6. The number of nitrogens with two attached hydrogens (primary N) is 4. The lowest BCUT2D eigenvalue weighted by molar-refractivity contribution is -0.308. The van der Waals surface area contributed by atoms with E-state index in [0.29, 0.717) is 13.1 Å². The van der Waals surface area contributed by atoms with Gasteiger partial charge >= 0.3 is 0 Å². The Hall–Kier alpha value is -1.17. The molecule has 1 amide bonds. The summed E-state index contributed by atoms with van der Waals surface area (Å²) >= 11 is 0. The predicted octanol–water partition coefficient (Wildman–Crippen LogP) is -8.97. The minimum absolute atomic E-state index is 0.0279. The molecule has 18 nitrogen and oxygen atoms in total. The predicted molar refractivity (Wildman–Crippen MR) is 143 cm³/mol. The maximum absolute atomic E-state index is 12.6. The highest BCUT2D eigenvalue weighted by Gasteiger charge is 2.56. The molecule has 0 radical (unpaired) electrons. The summed E-state index contributed by atoms with van der Waals surface area (Å²) in [5, 5.41) is 83.1. The summed E-state index contributed by atoms with van der Waals surface area (Å²) in [6, 6.07) is -4.13. The lowest BCUT2D eigenvalue weighted by Gasteiger charge is -2.53. The monoisotopic (exact) mass is 609 g/mol. The van der Waals surface area contributed by atoms with Crippen molar-refractivity contribution in [1.82, 2.24) is 16.0 Å². The zero-order valence-corrected chi connectivity index (χ0v) is 23.1. The Balaban J connectivity index is 1.65. The molecule has 0 aromatic carbocycles. The van der Waals surface area contributed by atoms with E-state index in [1.54, 1.807) is 0 Å². The van der Waals surface area contributed by atoms with E-state index in [4.69, 9.17) is 37.1 Å². The van der Waals surface area contributed by atoms with E-state index in [9.17, 15) is 40.5 Å². The Morgan fingerprint density at radius 3 is 2.24 bits per heavy atom. The van der Waals surface area contributed by atoms with Crippen LogP contribution in [0.15, 0.2) is 0 Å². The number of nitrogens with one attached hydrogen (secondary N) is 3. The molecule has 18 heteroatoms. The molecule has 3 heterocycles. The van der Waals surface area contributed by atoms with Crippen LogP contribution in [0, 0.1) is 5.92 Å². The van der Waals surface area contributed by atoms with Crippen LogP contribution in [0.5, 0.6) is 0 Å². The van der Waals surface area contributed by atoms with Crippen LogP contribution in [0.1, 0.15) is 6.42 Å². The fourth-order valence-electron chi connectivity index (χ4n) is 6.21. The number of aliphatic hydroxyl groups excluding tert-OH is 7. The summed E-state index contributed by atoms with van der Waals surface area (Å²) in [5.41, 5.74) is 23.7. The zero-order valence-electron chi connectivity index (χ0n) is 23.1. The molecule has 3 aliphatic heterocycles. The molecular formula is C24H47N7O11. The molecule has 0 spiro atoms. The fourth-order valence-corrected chi connectivity index (χ4v) is 6.21. The topological polar surface area (TPSA) is 327 Å². The van der Waals surface area contributed by atoms with E-state index in [2.05, 4.69) is 16.0 Å². The smallest absolute Gasteiger partial charge is 0.250 e. The van der Waals surface area contributed by atoms with Crippen LogP contribution in [-0.2, 0) is 19.0 Å². The van der Waals surface area contributed by atoms with Crippen molar-refractivity contribution in [2.24, 2.45) is 28.9 Å². The molecule has 244 valence electrons. The minimum atomic E-state index is -1.60. The summed E-state index contributed by atoms with van der Waals surface area (Å²) in [6.07, 6.45) is -14.9. The van der Waals surface area contributed by atoms with Gasteiger partial charge in [0.15, 0.2) is 6.29 Å². The van der Waals surface area contributed by atoms with E-state index in [1.165, 1.54) is 0 Å². The normalized spacial score (nSPS) is 47.5. The van der Waals surface area contributed by atoms with E-state index < -0.39 is 110 Å². The molecule has 4 rings (SSSR count). The molecule has 18 N–H and O–H groups in total. The van der Waals surface area contributed by atoms with Crippen molar-refractivity contribution in [2.75, 3.05) is 32.8 Å². The molecule has 3 saturated heterocycles. The Kier molecular flexibility index (Phi) is 11.5. The average Bonchev–Trinajstić information content (AvgIpc) is 2.94. The third-order valence-corrected chi connectivity index (χ3v) is 8.84. The van der Waals surface area contributed by atoms with Crippen LogP contribution in [0.25, 0.3) is 0 Å². The van der Waals surface area contributed by atoms with Gasteiger partial charge in [-0.1, -0.05) is 0 Å². The summed E-state index contributed by atoms with van der Waals surface area (Å²) < 4.78 is 17.7. The first kappa shape index (κ1) is 33.7. The molecule has 0 aromatic rings. The van der Waals surface area contributed by atoms with Crippen LogP contribution < -0.4 is 38.9 Å². The second kappa shape index (κ2) is 14.3. The highest BCUT2D eigenvalue weighted by molar-refractivity contribution is 5.81. The summed E-state index contributed by atoms with van der Waals surface area (Å²) in [7, 11) is 0. The summed E-state index contributed by atoms with van der Waals surface area (Å²) in [6.45, 7) is 0.0422. The van der Waals surface area contributed by atoms with Gasteiger partial charge in [-0.2, -0.15) is 0 Å². The molecular weight excluding hydrogens is 562 g/mol. The number of hydrogen-bond acceptors (Lipinski definition) is 17. The van der Waals surface area contributed by atoms with Gasteiger partial charge in [-0.25, -0.2) is 0 Å². The lowest BCUT2D eigenvalue weighted by atomic mass is 9.71. The molecule has 0 aromatic heterocycles. The van der Waals surface area contributed by atoms with Gasteiger partial charge in [0, 0.05) is 44.2 Å². The van der Waals surface area contributed by atoms with Gasteiger partial charge in [-0.15, -0.1) is 0 Å². The maximum atomic E-state index is 12.6. The Morgan fingerprint density at radius 1 is 0.976 bits per heavy atom. The number of ether oxygens (including phenoxy) is 3. The van der Waals surface area contributed by atoms with Crippen LogP contribution in [0.3, 0.4) is 0 Å². The number of rotatable bonds is 10. The van der Waals surface area contributed by atoms with Crippen molar-refractivity contribution < 1.29 is 54.8 Å². The quantitative estimate of drug-likeness (QED) is 0.109. The molecule has 16 atom stereocenters.